The molecular formula is C40H56N8O15. The summed E-state index contributed by atoms with van der Waals surface area (Å²) in [5.41, 5.74) is 2.81. The Morgan fingerprint density at radius 3 is 2.29 bits per heavy atom. The number of methoxy groups -OCH3 is 2. The summed E-state index contributed by atoms with van der Waals surface area (Å²) in [5, 5.41) is 33.4. The van der Waals surface area contributed by atoms with E-state index in [1.807, 2.05) is 36.4 Å². The van der Waals surface area contributed by atoms with Crippen LogP contribution in [0.15, 0.2) is 42.5 Å². The predicted octanol–water partition coefficient (Wildman–Crippen LogP) is 5.37. The van der Waals surface area contributed by atoms with Gasteiger partial charge in [0.1, 0.15) is 18.1 Å². The molecule has 3 heterocycles. The van der Waals surface area contributed by atoms with Gasteiger partial charge in [0.05, 0.1) is 65.0 Å². The van der Waals surface area contributed by atoms with Crippen LogP contribution < -0.4 is 14.4 Å². The molecule has 0 saturated carbocycles. The van der Waals surface area contributed by atoms with Gasteiger partial charge in [-0.15, -0.1) is 30.4 Å². The van der Waals surface area contributed by atoms with Crippen molar-refractivity contribution in [1.82, 2.24) is 25.5 Å². The minimum atomic E-state index is -1.11. The molecule has 2 aliphatic heterocycles. The molecule has 1 N–H and O–H groups in total. The first kappa shape index (κ1) is 47.8. The third-order valence-electron chi connectivity index (χ3n) is 10.6. The lowest BCUT2D eigenvalue weighted by molar-refractivity contribution is -0.757. The number of H-pyrrole nitrogens is 1. The molecule has 2 aromatic carbocycles. The number of hydrogen-bond acceptors (Lipinski definition) is 19. The van der Waals surface area contributed by atoms with Crippen molar-refractivity contribution in [2.24, 2.45) is 0 Å². The largest absolute Gasteiger partial charge is 0.508 e. The number of ether oxygens (including phenoxy) is 7. The Morgan fingerprint density at radius 1 is 0.905 bits per heavy atom. The Kier molecular flexibility index (Phi) is 19.5. The van der Waals surface area contributed by atoms with E-state index in [1.54, 1.807) is 19.1 Å². The minimum absolute atomic E-state index is 0.0159. The van der Waals surface area contributed by atoms with Gasteiger partial charge < -0.3 is 52.6 Å². The van der Waals surface area contributed by atoms with Crippen LogP contribution in [0.4, 0.5) is 15.3 Å². The molecule has 1 fully saturated rings. The zero-order valence-electron chi connectivity index (χ0n) is 35.5. The van der Waals surface area contributed by atoms with E-state index < -0.39 is 40.7 Å². The zero-order valence-corrected chi connectivity index (χ0v) is 35.5. The van der Waals surface area contributed by atoms with Gasteiger partial charge in [-0.25, -0.2) is 9.59 Å². The van der Waals surface area contributed by atoms with E-state index >= 15 is 0 Å². The summed E-state index contributed by atoms with van der Waals surface area (Å²) in [6.45, 7) is 2.97. The lowest BCUT2D eigenvalue weighted by Gasteiger charge is -2.44. The highest BCUT2D eigenvalue weighted by Crippen LogP contribution is 2.39. The second-order valence-electron chi connectivity index (χ2n) is 14.8. The molecule has 23 nitrogen and oxygen atoms in total. The number of nitrogens with zero attached hydrogens (tertiary/aromatic N) is 7. The van der Waals surface area contributed by atoms with Gasteiger partial charge in [0, 0.05) is 38.6 Å². The van der Waals surface area contributed by atoms with Gasteiger partial charge in [-0.3, -0.25) is 0 Å². The third-order valence-corrected chi connectivity index (χ3v) is 10.6. The van der Waals surface area contributed by atoms with Crippen molar-refractivity contribution in [3.8, 4) is 11.5 Å². The number of tetrazole rings is 1. The lowest BCUT2D eigenvalue weighted by atomic mass is 9.81. The van der Waals surface area contributed by atoms with Gasteiger partial charge in [0.2, 0.25) is 5.82 Å². The van der Waals surface area contributed by atoms with Crippen molar-refractivity contribution >= 4 is 17.9 Å². The third kappa shape index (κ3) is 15.6. The predicted molar refractivity (Wildman–Crippen MR) is 219 cm³/mol. The van der Waals surface area contributed by atoms with E-state index in [0.717, 1.165) is 42.1 Å². The number of aromatic amines is 1. The number of aromatic nitrogens is 4. The Morgan fingerprint density at radius 2 is 1.62 bits per heavy atom. The van der Waals surface area contributed by atoms with E-state index in [-0.39, 0.29) is 57.7 Å². The number of likely N-dealkylation sites (tertiary alicyclic amines) is 1. The van der Waals surface area contributed by atoms with E-state index in [9.17, 15) is 29.8 Å². The zero-order chi connectivity index (χ0) is 44.8. The quantitative estimate of drug-likeness (QED) is 0.0436. The van der Waals surface area contributed by atoms with Crippen molar-refractivity contribution in [1.29, 1.82) is 0 Å². The number of piperidine rings is 1. The highest BCUT2D eigenvalue weighted by atomic mass is 17.0. The molecule has 5 rings (SSSR count). The van der Waals surface area contributed by atoms with Gasteiger partial charge in [0.15, 0.2) is 6.10 Å². The molecule has 63 heavy (non-hydrogen) atoms. The van der Waals surface area contributed by atoms with Crippen LogP contribution in [0.5, 0.6) is 11.5 Å². The van der Waals surface area contributed by atoms with Crippen LogP contribution in [-0.2, 0) is 40.0 Å². The second kappa shape index (κ2) is 25.6. The molecule has 4 unspecified atom stereocenters. The highest BCUT2D eigenvalue weighted by Gasteiger charge is 2.42. The lowest BCUT2D eigenvalue weighted by Crippen LogP contribution is -2.53. The fraction of sp³-hybridized carbons (Fsp3) is 0.625. The van der Waals surface area contributed by atoms with Crippen molar-refractivity contribution < 1.29 is 62.6 Å². The molecule has 0 bridgehead atoms. The van der Waals surface area contributed by atoms with Gasteiger partial charge in [-0.2, -0.15) is 5.21 Å². The fourth-order valence-electron chi connectivity index (χ4n) is 7.45. The summed E-state index contributed by atoms with van der Waals surface area (Å²) >= 11 is 0. The summed E-state index contributed by atoms with van der Waals surface area (Å²) in [6, 6.07) is 13.0. The van der Waals surface area contributed by atoms with Crippen molar-refractivity contribution in [3.63, 3.8) is 0 Å². The number of amides is 1. The molecule has 2 aliphatic rings. The average Bonchev–Trinajstić information content (AvgIpc) is 3.83. The van der Waals surface area contributed by atoms with E-state index in [4.69, 9.17) is 33.2 Å². The Bertz CT molecular complexity index is 1860. The average molecular weight is 889 g/mol. The van der Waals surface area contributed by atoms with Crippen molar-refractivity contribution in [3.05, 3.63) is 79.6 Å². The van der Waals surface area contributed by atoms with Crippen LogP contribution >= 0.6 is 0 Å². The molecule has 346 valence electrons. The molecular weight excluding hydrogens is 832 g/mol. The second-order valence-corrected chi connectivity index (χ2v) is 14.8. The number of rotatable bonds is 27. The van der Waals surface area contributed by atoms with E-state index in [2.05, 4.69) is 41.3 Å². The first-order chi connectivity index (χ1) is 30.6. The van der Waals surface area contributed by atoms with Crippen LogP contribution in [-0.4, -0.2) is 134 Å². The van der Waals surface area contributed by atoms with Gasteiger partial charge >= 0.3 is 12.2 Å². The number of fused-ring (bicyclic) bond motifs is 1. The number of anilines is 1. The number of nitrogens with one attached hydrogen (secondary N) is 1. The van der Waals surface area contributed by atoms with Crippen LogP contribution in [0.3, 0.4) is 0 Å². The number of benzene rings is 2. The monoisotopic (exact) mass is 888 g/mol. The van der Waals surface area contributed by atoms with E-state index in [1.165, 1.54) is 0 Å². The summed E-state index contributed by atoms with van der Waals surface area (Å²) in [5.74, 6) is 1.25. The number of hydrogen-bond donors (Lipinski definition) is 1. The molecule has 3 aromatic rings. The summed E-state index contributed by atoms with van der Waals surface area (Å²) in [4.78, 5) is 60.6. The van der Waals surface area contributed by atoms with Crippen LogP contribution in [0.2, 0.25) is 0 Å². The molecule has 4 atom stereocenters. The molecule has 1 saturated heterocycles. The SMILES string of the molecule is COCCCN1CCOc2ccc(COC3CN(C(=O)OCCCCCO[N+](=O)[O-])C(CC(OC(=O)OCCCCCO[N+](=O)[O-])c4nn[nH]n4)CC3c3ccc(OC)cc3)cc21. The first-order valence-electron chi connectivity index (χ1n) is 20.9. The topological polar surface area (TPSA) is 264 Å². The van der Waals surface area contributed by atoms with Crippen LogP contribution in [0.25, 0.3) is 0 Å². The van der Waals surface area contributed by atoms with Gasteiger partial charge in [-0.1, -0.05) is 23.4 Å². The van der Waals surface area contributed by atoms with E-state index in [0.29, 0.717) is 63.9 Å². The molecule has 23 heteroatoms. The normalized spacial score (nSPS) is 17.5. The maximum atomic E-state index is 14.1. The molecule has 1 amide bonds. The van der Waals surface area contributed by atoms with Gasteiger partial charge in [-0.05, 0) is 86.8 Å². The number of carbonyl (C=O) groups is 2. The molecule has 1 aromatic heterocycles. The van der Waals surface area contributed by atoms with Crippen LogP contribution in [0, 0.1) is 20.2 Å². The Labute approximate surface area is 363 Å². The number of carbonyl (C=O) groups excluding carboxylic acids is 2. The first-order valence-corrected chi connectivity index (χ1v) is 20.9. The maximum absolute atomic E-state index is 14.1. The summed E-state index contributed by atoms with van der Waals surface area (Å²) in [7, 11) is 3.27. The van der Waals surface area contributed by atoms with Crippen molar-refractivity contribution in [2.45, 2.75) is 88.6 Å². The summed E-state index contributed by atoms with van der Waals surface area (Å²) < 4.78 is 40.3. The summed E-state index contributed by atoms with van der Waals surface area (Å²) in [6.07, 6.45) is 0.633. The van der Waals surface area contributed by atoms with Crippen LogP contribution in [0.1, 0.15) is 86.8 Å². The standard InChI is InChI=1S/C40H56N8O15/c1-55-18-9-16-45-17-23-57-35-15-10-29(24-34(35)45)28-60-37-27-46(39(49)58-19-5-3-7-21-61-47(51)52)31(25-33(37)30-11-13-32(56-2)14-12-30)26-36(38-41-43-44-42-38)63-40(50)59-20-6-4-8-22-62-48(53)54/h10-15,24,31,33,36-37H,3-9,16-23,25-28H2,1-2H3,(H,41,42,43,44). The maximum Gasteiger partial charge on any atom is 0.508 e. The minimum Gasteiger partial charge on any atom is -0.497 e. The Hall–Kier alpha value is -6.23. The van der Waals surface area contributed by atoms with Gasteiger partial charge in [0.25, 0.3) is 10.2 Å². The molecule has 0 aliphatic carbocycles. The van der Waals surface area contributed by atoms with Crippen molar-refractivity contribution in [2.75, 3.05) is 78.4 Å². The highest BCUT2D eigenvalue weighted by molar-refractivity contribution is 5.68. The smallest absolute Gasteiger partial charge is 0.497 e. The molecule has 0 radical (unpaired) electrons. The molecule has 0 spiro atoms. The Balaban J connectivity index is 1.35. The number of unbranched alkanes of at least 4 members (excludes halogenated alkanes) is 4. The fourth-order valence-corrected chi connectivity index (χ4v) is 7.45.